The molecule has 5 rings (SSSR count). The van der Waals surface area contributed by atoms with Crippen molar-refractivity contribution in [1.29, 1.82) is 0 Å². The molecule has 34 heavy (non-hydrogen) atoms. The van der Waals surface area contributed by atoms with Crippen LogP contribution < -0.4 is 9.46 Å². The first-order valence-corrected chi connectivity index (χ1v) is 12.1. The van der Waals surface area contributed by atoms with Crippen LogP contribution in [0.1, 0.15) is 12.0 Å². The van der Waals surface area contributed by atoms with Gasteiger partial charge in [0.2, 0.25) is 0 Å². The van der Waals surface area contributed by atoms with Crippen molar-refractivity contribution in [3.8, 4) is 5.75 Å². The van der Waals surface area contributed by atoms with Gasteiger partial charge in [-0.25, -0.2) is 8.42 Å². The number of likely N-dealkylation sites (N-methyl/N-ethyl adjacent to an activating group) is 1. The molecular formula is C24H21F3N2O4S. The molecule has 1 fully saturated rings. The second-order valence-electron chi connectivity index (χ2n) is 8.36. The molecule has 2 heterocycles. The van der Waals surface area contributed by atoms with Gasteiger partial charge < -0.3 is 14.1 Å². The van der Waals surface area contributed by atoms with E-state index in [4.69, 9.17) is 9.15 Å². The van der Waals surface area contributed by atoms with Gasteiger partial charge in [-0.1, -0.05) is 18.2 Å². The lowest BCUT2D eigenvalue weighted by Crippen LogP contribution is -2.23. The van der Waals surface area contributed by atoms with E-state index in [2.05, 4.69) is 4.72 Å². The highest BCUT2D eigenvalue weighted by molar-refractivity contribution is 7.92. The maximum atomic E-state index is 13.5. The van der Waals surface area contributed by atoms with E-state index in [-0.39, 0.29) is 10.6 Å². The van der Waals surface area contributed by atoms with Crippen LogP contribution in [-0.4, -0.2) is 39.6 Å². The molecule has 0 bridgehead atoms. The summed E-state index contributed by atoms with van der Waals surface area (Å²) in [6.45, 7) is 1.20. The Hall–Kier alpha value is -3.24. The maximum Gasteiger partial charge on any atom is 0.419 e. The molecule has 1 aliphatic heterocycles. The summed E-state index contributed by atoms with van der Waals surface area (Å²) in [4.78, 5) is 1.92. The van der Waals surface area contributed by atoms with E-state index in [0.717, 1.165) is 23.6 Å². The van der Waals surface area contributed by atoms with Crippen molar-refractivity contribution in [3.05, 3.63) is 66.2 Å². The summed E-state index contributed by atoms with van der Waals surface area (Å²) in [7, 11) is -2.23. The molecule has 0 saturated carbocycles. The number of nitrogens with one attached hydrogen (secondary N) is 1. The molecule has 3 aromatic carbocycles. The molecule has 4 aromatic rings. The van der Waals surface area contributed by atoms with Crippen LogP contribution in [0.2, 0.25) is 0 Å². The number of rotatable bonds is 5. The Morgan fingerprint density at radius 1 is 1.03 bits per heavy atom. The molecule has 0 aliphatic carbocycles. The van der Waals surface area contributed by atoms with Gasteiger partial charge in [-0.15, -0.1) is 0 Å². The van der Waals surface area contributed by atoms with Gasteiger partial charge in [-0.2, -0.15) is 13.2 Å². The fourth-order valence-electron chi connectivity index (χ4n) is 4.17. The molecular weight excluding hydrogens is 469 g/mol. The van der Waals surface area contributed by atoms with E-state index in [0.29, 0.717) is 36.1 Å². The number of sulfonamides is 1. The summed E-state index contributed by atoms with van der Waals surface area (Å²) in [5.41, 5.74) is 0.191. The number of hydrogen-bond acceptors (Lipinski definition) is 5. The molecule has 1 atom stereocenters. The molecule has 1 saturated heterocycles. The smallest absolute Gasteiger partial charge is 0.419 e. The molecule has 0 spiro atoms. The molecule has 1 unspecified atom stereocenters. The number of furan rings is 1. The Bertz CT molecular complexity index is 1480. The zero-order valence-electron chi connectivity index (χ0n) is 18.1. The van der Waals surface area contributed by atoms with Gasteiger partial charge in [0.25, 0.3) is 10.0 Å². The van der Waals surface area contributed by atoms with Gasteiger partial charge in [0.1, 0.15) is 23.0 Å². The van der Waals surface area contributed by atoms with E-state index < -0.39 is 33.6 Å². The Kier molecular flexibility index (Phi) is 5.44. The Labute approximate surface area is 194 Å². The fraction of sp³-hybridized carbons (Fsp3) is 0.250. The van der Waals surface area contributed by atoms with Gasteiger partial charge in [-0.05, 0) is 49.9 Å². The molecule has 1 aliphatic rings. The predicted octanol–water partition coefficient (Wildman–Crippen LogP) is 5.49. The van der Waals surface area contributed by atoms with Crippen molar-refractivity contribution < 1.29 is 30.7 Å². The molecule has 0 radical (unpaired) electrons. The largest absolute Gasteiger partial charge is 0.488 e. The van der Waals surface area contributed by atoms with Gasteiger partial charge in [0, 0.05) is 29.9 Å². The third-order valence-corrected chi connectivity index (χ3v) is 7.22. The highest BCUT2D eigenvalue weighted by Crippen LogP contribution is 2.39. The Balaban J connectivity index is 1.48. The summed E-state index contributed by atoms with van der Waals surface area (Å²) in [6.07, 6.45) is -4.46. The number of anilines is 1. The number of likely N-dealkylation sites (tertiary alicyclic amines) is 1. The van der Waals surface area contributed by atoms with Gasteiger partial charge >= 0.3 is 6.18 Å². The normalized spacial score (nSPS) is 17.5. The van der Waals surface area contributed by atoms with Crippen molar-refractivity contribution in [2.24, 2.45) is 0 Å². The number of benzene rings is 3. The van der Waals surface area contributed by atoms with Crippen LogP contribution in [0.15, 0.2) is 70.0 Å². The van der Waals surface area contributed by atoms with Crippen LogP contribution in [0.25, 0.3) is 21.9 Å². The number of para-hydroxylation sites is 1. The van der Waals surface area contributed by atoms with Crippen molar-refractivity contribution in [3.63, 3.8) is 0 Å². The lowest BCUT2D eigenvalue weighted by atomic mass is 10.1. The van der Waals surface area contributed by atoms with E-state index in [1.165, 1.54) is 12.1 Å². The highest BCUT2D eigenvalue weighted by Gasteiger charge is 2.36. The van der Waals surface area contributed by atoms with Crippen LogP contribution in [-0.2, 0) is 16.2 Å². The minimum absolute atomic E-state index is 0.0218. The topological polar surface area (TPSA) is 71.8 Å². The second-order valence-corrected chi connectivity index (χ2v) is 10.0. The zero-order chi connectivity index (χ0) is 24.1. The van der Waals surface area contributed by atoms with Crippen LogP contribution >= 0.6 is 0 Å². The summed E-state index contributed by atoms with van der Waals surface area (Å²) in [5, 5.41) is 1.39. The van der Waals surface area contributed by atoms with Gasteiger partial charge in [0.05, 0.1) is 16.1 Å². The quantitative estimate of drug-likeness (QED) is 0.401. The van der Waals surface area contributed by atoms with Crippen molar-refractivity contribution in [2.75, 3.05) is 24.9 Å². The summed E-state index contributed by atoms with van der Waals surface area (Å²) < 4.78 is 80.5. The molecule has 178 valence electrons. The molecule has 1 aromatic heterocycles. The fourth-order valence-corrected chi connectivity index (χ4v) is 5.25. The average Bonchev–Trinajstić information content (AvgIpc) is 3.35. The second kappa shape index (κ2) is 8.21. The molecule has 1 N–H and O–H groups in total. The van der Waals surface area contributed by atoms with E-state index in [1.54, 1.807) is 12.1 Å². The zero-order valence-corrected chi connectivity index (χ0v) is 18.9. The first-order valence-electron chi connectivity index (χ1n) is 10.6. The number of fused-ring (bicyclic) bond motifs is 3. The number of nitrogens with zero attached hydrogens (tertiary/aromatic N) is 1. The summed E-state index contributed by atoms with van der Waals surface area (Å²) in [5.74, 6) is -0.399. The SMILES string of the molecule is CN1CCC(Oc2cc(NS(=O)(=O)c3ccc4oc5ccccc5c4c3)ccc2C(F)(F)F)C1. The van der Waals surface area contributed by atoms with Crippen LogP contribution in [0.5, 0.6) is 5.75 Å². The number of halogens is 3. The first-order chi connectivity index (χ1) is 16.1. The van der Waals surface area contributed by atoms with Crippen molar-refractivity contribution in [2.45, 2.75) is 23.6 Å². The summed E-state index contributed by atoms with van der Waals surface area (Å²) in [6, 6.07) is 14.7. The maximum absolute atomic E-state index is 13.5. The minimum Gasteiger partial charge on any atom is -0.488 e. The van der Waals surface area contributed by atoms with Gasteiger partial charge in [-0.3, -0.25) is 4.72 Å². The monoisotopic (exact) mass is 490 g/mol. The third kappa shape index (κ3) is 4.30. The van der Waals surface area contributed by atoms with Crippen LogP contribution in [0, 0.1) is 0 Å². The Morgan fingerprint density at radius 3 is 2.53 bits per heavy atom. The third-order valence-electron chi connectivity index (χ3n) is 5.84. The lowest BCUT2D eigenvalue weighted by Gasteiger charge is -2.19. The first kappa shape index (κ1) is 22.5. The number of ether oxygens (including phenoxy) is 1. The number of alkyl halides is 3. The summed E-state index contributed by atoms with van der Waals surface area (Å²) >= 11 is 0. The van der Waals surface area contributed by atoms with E-state index >= 15 is 0 Å². The molecule has 10 heteroatoms. The Morgan fingerprint density at radius 2 is 1.79 bits per heavy atom. The van der Waals surface area contributed by atoms with E-state index in [1.807, 2.05) is 30.1 Å². The molecule has 6 nitrogen and oxygen atoms in total. The van der Waals surface area contributed by atoms with E-state index in [9.17, 15) is 21.6 Å². The number of hydrogen-bond donors (Lipinski definition) is 1. The standard InChI is InChI=1S/C24H21F3N2O4S/c1-29-11-10-16(14-29)32-23-12-15(6-8-20(23)24(25,26)27)28-34(30,31)17-7-9-22-19(13-17)18-4-2-3-5-21(18)33-22/h2-9,12-13,16,28H,10-11,14H2,1H3. The average molecular weight is 491 g/mol. The van der Waals surface area contributed by atoms with Crippen molar-refractivity contribution in [1.82, 2.24) is 4.90 Å². The lowest BCUT2D eigenvalue weighted by molar-refractivity contribution is -0.139. The highest BCUT2D eigenvalue weighted by atomic mass is 32.2. The van der Waals surface area contributed by atoms with Crippen LogP contribution in [0.3, 0.4) is 0 Å². The minimum atomic E-state index is -4.63. The predicted molar refractivity (Wildman–Crippen MR) is 123 cm³/mol. The van der Waals surface area contributed by atoms with Crippen molar-refractivity contribution >= 4 is 37.6 Å². The van der Waals surface area contributed by atoms with Crippen LogP contribution in [0.4, 0.5) is 18.9 Å². The molecule has 0 amide bonds. The van der Waals surface area contributed by atoms with Gasteiger partial charge in [0.15, 0.2) is 0 Å².